The first kappa shape index (κ1) is 29.0. The normalized spacial score (nSPS) is 27.2. The lowest BCUT2D eigenvalue weighted by Gasteiger charge is -2.31. The number of anilines is 1. The number of nitrogens with one attached hydrogen (secondary N) is 1. The predicted octanol–water partition coefficient (Wildman–Crippen LogP) is 2.65. The maximum Gasteiger partial charge on any atom is 0.243 e. The lowest BCUT2D eigenvalue weighted by Crippen LogP contribution is -2.51. The number of nitrogen functional groups attached to an aromatic ring is 1. The second-order valence-electron chi connectivity index (χ2n) is 11.9. The number of benzene rings is 2. The van der Waals surface area contributed by atoms with Gasteiger partial charge in [-0.2, -0.15) is 4.31 Å². The van der Waals surface area contributed by atoms with E-state index in [1.807, 2.05) is 44.2 Å². The lowest BCUT2D eigenvalue weighted by atomic mass is 9.86. The van der Waals surface area contributed by atoms with Gasteiger partial charge in [-0.1, -0.05) is 44.2 Å². The molecule has 1 amide bonds. The van der Waals surface area contributed by atoms with Crippen LogP contribution in [0.15, 0.2) is 59.5 Å². The predicted molar refractivity (Wildman–Crippen MR) is 151 cm³/mol. The molecule has 0 radical (unpaired) electrons. The molecule has 9 nitrogen and oxygen atoms in total. The number of rotatable bonds is 12. The van der Waals surface area contributed by atoms with Crippen LogP contribution < -0.4 is 11.1 Å². The van der Waals surface area contributed by atoms with E-state index in [4.69, 9.17) is 15.2 Å². The fourth-order valence-electron chi connectivity index (χ4n) is 6.59. The fraction of sp³-hybridized carbons (Fsp3) is 0.567. The van der Waals surface area contributed by atoms with Gasteiger partial charge in [0.15, 0.2) is 6.29 Å². The number of aliphatic hydroxyl groups excluding tert-OH is 1. The Kier molecular flexibility index (Phi) is 8.82. The highest BCUT2D eigenvalue weighted by atomic mass is 32.2. The van der Waals surface area contributed by atoms with Gasteiger partial charge in [0, 0.05) is 31.1 Å². The summed E-state index contributed by atoms with van der Waals surface area (Å²) in [5.41, 5.74) is 7.19. The Morgan fingerprint density at radius 2 is 1.75 bits per heavy atom. The van der Waals surface area contributed by atoms with E-state index in [-0.39, 0.29) is 42.0 Å². The molecule has 2 aliphatic heterocycles. The third-order valence-electron chi connectivity index (χ3n) is 8.57. The molecule has 5 rings (SSSR count). The number of ether oxygens (including phenoxy) is 2. The Labute approximate surface area is 237 Å². The summed E-state index contributed by atoms with van der Waals surface area (Å²) in [6, 6.07) is 15.0. The third-order valence-corrected chi connectivity index (χ3v) is 10.4. The molecule has 3 aliphatic rings. The fourth-order valence-corrected chi connectivity index (χ4v) is 8.21. The summed E-state index contributed by atoms with van der Waals surface area (Å²) in [5.74, 6) is 1.06. The van der Waals surface area contributed by atoms with Gasteiger partial charge in [-0.3, -0.25) is 4.79 Å². The number of aliphatic hydroxyl groups is 1. The number of nitrogens with zero attached hydrogens (tertiary/aromatic N) is 1. The van der Waals surface area contributed by atoms with Crippen LogP contribution in [0.5, 0.6) is 0 Å². The molecular weight excluding hydrogens is 530 g/mol. The van der Waals surface area contributed by atoms with Crippen molar-refractivity contribution < 1.29 is 27.8 Å². The topological polar surface area (TPSA) is 131 Å². The van der Waals surface area contributed by atoms with Crippen molar-refractivity contribution in [2.75, 3.05) is 32.0 Å². The van der Waals surface area contributed by atoms with Crippen LogP contribution in [0, 0.1) is 29.6 Å². The summed E-state index contributed by atoms with van der Waals surface area (Å²) in [7, 11) is -3.90. The quantitative estimate of drug-likeness (QED) is 0.334. The van der Waals surface area contributed by atoms with Crippen molar-refractivity contribution in [3.63, 3.8) is 0 Å². The summed E-state index contributed by atoms with van der Waals surface area (Å²) in [4.78, 5) is 13.5. The Morgan fingerprint density at radius 3 is 2.45 bits per heavy atom. The average Bonchev–Trinajstić information content (AvgIpc) is 3.45. The molecule has 2 aromatic carbocycles. The molecule has 2 bridgehead atoms. The van der Waals surface area contributed by atoms with E-state index in [0.717, 1.165) is 12.0 Å². The van der Waals surface area contributed by atoms with Gasteiger partial charge < -0.3 is 25.6 Å². The van der Waals surface area contributed by atoms with Gasteiger partial charge in [0.2, 0.25) is 15.9 Å². The van der Waals surface area contributed by atoms with Gasteiger partial charge in [0.25, 0.3) is 0 Å². The molecule has 1 saturated carbocycles. The van der Waals surface area contributed by atoms with Crippen molar-refractivity contribution in [2.24, 2.45) is 29.6 Å². The van der Waals surface area contributed by atoms with Crippen molar-refractivity contribution in [3.8, 4) is 0 Å². The molecule has 1 aliphatic carbocycles. The molecular formula is C30H41N3O6S. The molecule has 0 aromatic heterocycles. The number of sulfonamides is 1. The standard InChI is InChI=1S/C30H41N3O6S/c1-19(2)15-33(40(36,37)23-10-8-22(31)9-11-23)16-28(34)27(12-20-6-4-3-5-7-20)32-29(35)14-24-21-13-25-26(24)18-39-30(25)38-17-21/h3-11,19,21,24-28,30,34H,12-18,31H2,1-2H3,(H,32,35)/t21?,24-,25?,26?,27-,28+,30-/m0/s1. The van der Waals surface area contributed by atoms with Gasteiger partial charge in [-0.25, -0.2) is 8.42 Å². The first-order valence-electron chi connectivity index (χ1n) is 14.2. The molecule has 2 heterocycles. The van der Waals surface area contributed by atoms with Crippen LogP contribution in [0.4, 0.5) is 5.69 Å². The van der Waals surface area contributed by atoms with Crippen LogP contribution in [-0.2, 0) is 30.7 Å². The van der Waals surface area contributed by atoms with Crippen LogP contribution >= 0.6 is 0 Å². The number of nitrogens with two attached hydrogens (primary N) is 1. The highest BCUT2D eigenvalue weighted by molar-refractivity contribution is 7.89. The van der Waals surface area contributed by atoms with Crippen LogP contribution in [0.1, 0.15) is 32.3 Å². The minimum absolute atomic E-state index is 0.0271. The minimum atomic E-state index is -3.90. The SMILES string of the molecule is CC(C)CN(C[C@@H](O)[C@H](Cc1ccccc1)NC(=O)C[C@H]1C2CO[C@H]3OCC1C3C2)S(=O)(=O)c1ccc(N)cc1. The van der Waals surface area contributed by atoms with Gasteiger partial charge in [0.05, 0.1) is 30.3 Å². The molecule has 2 saturated heterocycles. The average molecular weight is 572 g/mol. The maximum atomic E-state index is 13.6. The Balaban J connectivity index is 1.33. The summed E-state index contributed by atoms with van der Waals surface area (Å²) in [6.07, 6.45) is 0.465. The number of fused-ring (bicyclic) bond motifs is 1. The lowest BCUT2D eigenvalue weighted by molar-refractivity contribution is -0.165. The van der Waals surface area contributed by atoms with Gasteiger partial charge in [-0.05, 0) is 66.3 Å². The smallest absolute Gasteiger partial charge is 0.243 e. The minimum Gasteiger partial charge on any atom is -0.399 e. The van der Waals surface area contributed by atoms with Crippen LogP contribution in [0.25, 0.3) is 0 Å². The van der Waals surface area contributed by atoms with E-state index in [9.17, 15) is 18.3 Å². The molecule has 3 fully saturated rings. The van der Waals surface area contributed by atoms with E-state index < -0.39 is 22.2 Å². The second-order valence-corrected chi connectivity index (χ2v) is 13.9. The van der Waals surface area contributed by atoms with E-state index in [2.05, 4.69) is 5.32 Å². The van der Waals surface area contributed by atoms with E-state index >= 15 is 0 Å². The zero-order chi connectivity index (χ0) is 28.4. The van der Waals surface area contributed by atoms with Crippen molar-refractivity contribution >= 4 is 21.6 Å². The van der Waals surface area contributed by atoms with E-state index in [0.29, 0.717) is 49.5 Å². The maximum absolute atomic E-state index is 13.6. The molecule has 0 spiro atoms. The molecule has 2 aromatic rings. The summed E-state index contributed by atoms with van der Waals surface area (Å²) < 4.78 is 40.1. The van der Waals surface area contributed by atoms with E-state index in [1.54, 1.807) is 12.1 Å². The summed E-state index contributed by atoms with van der Waals surface area (Å²) in [5, 5.41) is 14.6. The van der Waals surface area contributed by atoms with E-state index in [1.165, 1.54) is 16.4 Å². The zero-order valence-electron chi connectivity index (χ0n) is 23.2. The molecule has 218 valence electrons. The number of carbonyl (C=O) groups excluding carboxylic acids is 1. The second kappa shape index (κ2) is 12.2. The first-order valence-corrected chi connectivity index (χ1v) is 15.7. The van der Waals surface area contributed by atoms with Crippen LogP contribution in [-0.4, -0.2) is 68.5 Å². The Morgan fingerprint density at radius 1 is 1.05 bits per heavy atom. The summed E-state index contributed by atoms with van der Waals surface area (Å²) in [6.45, 7) is 5.17. The highest BCUT2D eigenvalue weighted by Gasteiger charge is 2.54. The molecule has 7 atom stereocenters. The van der Waals surface area contributed by atoms with Crippen molar-refractivity contribution in [2.45, 2.75) is 56.4 Å². The molecule has 4 N–H and O–H groups in total. The van der Waals surface area contributed by atoms with Crippen molar-refractivity contribution in [1.82, 2.24) is 9.62 Å². The van der Waals surface area contributed by atoms with Crippen molar-refractivity contribution in [3.05, 3.63) is 60.2 Å². The molecule has 3 unspecified atom stereocenters. The molecule has 40 heavy (non-hydrogen) atoms. The van der Waals surface area contributed by atoms with Crippen LogP contribution in [0.2, 0.25) is 0 Å². The van der Waals surface area contributed by atoms with Gasteiger partial charge >= 0.3 is 0 Å². The number of carbonyl (C=O) groups is 1. The van der Waals surface area contributed by atoms with Gasteiger partial charge in [-0.15, -0.1) is 0 Å². The van der Waals surface area contributed by atoms with Crippen molar-refractivity contribution in [1.29, 1.82) is 0 Å². The van der Waals surface area contributed by atoms with Gasteiger partial charge in [0.1, 0.15) is 0 Å². The number of amides is 1. The molecule has 10 heteroatoms. The number of hydrogen-bond donors (Lipinski definition) is 3. The Hall–Kier alpha value is -2.50. The Bertz CT molecular complexity index is 1260. The third kappa shape index (κ3) is 6.36. The monoisotopic (exact) mass is 571 g/mol. The van der Waals surface area contributed by atoms with Crippen LogP contribution in [0.3, 0.4) is 0 Å². The largest absolute Gasteiger partial charge is 0.399 e. The highest BCUT2D eigenvalue weighted by Crippen LogP contribution is 2.52. The zero-order valence-corrected chi connectivity index (χ0v) is 24.0. The number of hydrogen-bond acceptors (Lipinski definition) is 7. The first-order chi connectivity index (χ1) is 19.1. The summed E-state index contributed by atoms with van der Waals surface area (Å²) >= 11 is 0.